The maximum Gasteiger partial charge on any atom is 0.515 e. The summed E-state index contributed by atoms with van der Waals surface area (Å²) in [4.78, 5) is 15.9. The third-order valence-electron chi connectivity index (χ3n) is 3.15. The third-order valence-corrected chi connectivity index (χ3v) is 3.51. The number of rotatable bonds is 2. The first-order valence-electron chi connectivity index (χ1n) is 6.59. The van der Waals surface area contributed by atoms with Crippen molar-refractivity contribution in [2.45, 2.75) is 13.5 Å². The highest BCUT2D eigenvalue weighted by atomic mass is 32.1. The molecule has 1 N–H and O–H groups in total. The van der Waals surface area contributed by atoms with Crippen molar-refractivity contribution in [3.8, 4) is 11.6 Å². The molecule has 0 bridgehead atoms. The Kier molecular flexibility index (Phi) is 3.76. The number of nitrogens with zero attached hydrogens (tertiary/aromatic N) is 2. The summed E-state index contributed by atoms with van der Waals surface area (Å²) in [6.45, 7) is 2.18. The van der Waals surface area contributed by atoms with Gasteiger partial charge in [-0.25, -0.2) is 14.2 Å². The molecular formula is C14H12FN3O3S. The molecule has 1 aliphatic rings. The lowest BCUT2D eigenvalue weighted by Crippen LogP contribution is -2.21. The van der Waals surface area contributed by atoms with Crippen molar-refractivity contribution < 1.29 is 18.7 Å². The Balaban J connectivity index is 2.03. The van der Waals surface area contributed by atoms with Crippen LogP contribution in [0.4, 0.5) is 9.18 Å². The third kappa shape index (κ3) is 2.52. The van der Waals surface area contributed by atoms with Gasteiger partial charge >= 0.3 is 6.16 Å². The van der Waals surface area contributed by atoms with Gasteiger partial charge in [0.15, 0.2) is 0 Å². The molecule has 114 valence electrons. The number of nitrogens with one attached hydrogen (secondary N) is 1. The number of ether oxygens (including phenoxy) is 2. The molecule has 3 rings (SSSR count). The molecule has 1 aromatic carbocycles. The molecule has 2 aromatic rings. The Hall–Kier alpha value is -2.48. The van der Waals surface area contributed by atoms with E-state index in [1.807, 2.05) is 0 Å². The van der Waals surface area contributed by atoms with Crippen LogP contribution in [0.15, 0.2) is 24.5 Å². The number of thiocarbonyl (C=S) groups is 1. The zero-order valence-electron chi connectivity index (χ0n) is 11.6. The van der Waals surface area contributed by atoms with Crippen LogP contribution in [-0.4, -0.2) is 27.3 Å². The van der Waals surface area contributed by atoms with Gasteiger partial charge in [-0.2, -0.15) is 0 Å². The Labute approximate surface area is 130 Å². The number of imidazole rings is 1. The number of carbonyl (C=O) groups excluding carboxylic acids is 1. The second-order valence-corrected chi connectivity index (χ2v) is 4.90. The highest BCUT2D eigenvalue weighted by Gasteiger charge is 2.23. The molecule has 0 saturated carbocycles. The summed E-state index contributed by atoms with van der Waals surface area (Å²) < 4.78 is 25.0. The molecule has 8 heteroatoms. The first-order chi connectivity index (χ1) is 10.6. The van der Waals surface area contributed by atoms with E-state index in [1.165, 1.54) is 18.5 Å². The van der Waals surface area contributed by atoms with Crippen molar-refractivity contribution in [2.24, 2.45) is 0 Å². The zero-order valence-corrected chi connectivity index (χ0v) is 12.4. The van der Waals surface area contributed by atoms with E-state index in [-0.39, 0.29) is 18.3 Å². The number of carbonyl (C=O) groups is 1. The largest absolute Gasteiger partial charge is 0.515 e. The van der Waals surface area contributed by atoms with E-state index >= 15 is 0 Å². The molecule has 22 heavy (non-hydrogen) atoms. The van der Waals surface area contributed by atoms with Crippen molar-refractivity contribution in [2.75, 3.05) is 6.61 Å². The maximum absolute atomic E-state index is 13.4. The molecule has 0 spiro atoms. The summed E-state index contributed by atoms with van der Waals surface area (Å²) in [5.74, 6) is -0.250. The number of aromatic nitrogens is 2. The molecule has 0 amide bonds. The Morgan fingerprint density at radius 1 is 1.55 bits per heavy atom. The quantitative estimate of drug-likeness (QED) is 0.676. The molecule has 0 radical (unpaired) electrons. The van der Waals surface area contributed by atoms with Crippen LogP contribution in [0.2, 0.25) is 0 Å². The monoisotopic (exact) mass is 321 g/mol. The van der Waals surface area contributed by atoms with E-state index in [9.17, 15) is 9.18 Å². The van der Waals surface area contributed by atoms with Crippen molar-refractivity contribution in [3.63, 3.8) is 0 Å². The van der Waals surface area contributed by atoms with Crippen LogP contribution in [0.1, 0.15) is 18.2 Å². The smallest absolute Gasteiger partial charge is 0.434 e. The Morgan fingerprint density at radius 2 is 2.36 bits per heavy atom. The molecule has 2 heterocycles. The van der Waals surface area contributed by atoms with Gasteiger partial charge in [0.2, 0.25) is 5.88 Å². The predicted octanol–water partition coefficient (Wildman–Crippen LogP) is 2.33. The van der Waals surface area contributed by atoms with Crippen LogP contribution in [0.3, 0.4) is 0 Å². The van der Waals surface area contributed by atoms with E-state index in [2.05, 4.69) is 10.3 Å². The average molecular weight is 321 g/mol. The Bertz CT molecular complexity index is 760. The first-order valence-corrected chi connectivity index (χ1v) is 7.00. The van der Waals surface area contributed by atoms with Gasteiger partial charge in [-0.1, -0.05) is 12.2 Å². The van der Waals surface area contributed by atoms with E-state index < -0.39 is 6.16 Å². The fourth-order valence-corrected chi connectivity index (χ4v) is 2.43. The van der Waals surface area contributed by atoms with Gasteiger partial charge in [-0.15, -0.1) is 0 Å². The number of hydrogen-bond donors (Lipinski definition) is 1. The molecule has 6 nitrogen and oxygen atoms in total. The van der Waals surface area contributed by atoms with Crippen molar-refractivity contribution in [3.05, 3.63) is 41.6 Å². The van der Waals surface area contributed by atoms with Crippen LogP contribution in [0.5, 0.6) is 5.88 Å². The standard InChI is InChI=1S/C14H12FN3O3S/c1-2-20-14(19)21-12-11-6-16-13(22)9-5-8(15)3-4-10(9)18(11)7-17-12/h3-5,7H,2,6H2,1H3,(H,16,22). The van der Waals surface area contributed by atoms with E-state index in [1.54, 1.807) is 17.6 Å². The first kappa shape index (κ1) is 14.5. The summed E-state index contributed by atoms with van der Waals surface area (Å²) >= 11 is 5.25. The van der Waals surface area contributed by atoms with E-state index in [0.29, 0.717) is 28.5 Å². The van der Waals surface area contributed by atoms with Gasteiger partial charge in [-0.3, -0.25) is 4.57 Å². The van der Waals surface area contributed by atoms with Crippen LogP contribution in [0.25, 0.3) is 5.69 Å². The molecule has 1 aliphatic heterocycles. The molecule has 0 fully saturated rings. The van der Waals surface area contributed by atoms with Gasteiger partial charge < -0.3 is 14.8 Å². The lowest BCUT2D eigenvalue weighted by molar-refractivity contribution is 0.102. The van der Waals surface area contributed by atoms with Crippen LogP contribution in [0, 0.1) is 5.82 Å². The molecule has 0 saturated heterocycles. The molecule has 0 unspecified atom stereocenters. The summed E-state index contributed by atoms with van der Waals surface area (Å²) in [6.07, 6.45) is 0.672. The Morgan fingerprint density at radius 3 is 3.14 bits per heavy atom. The zero-order chi connectivity index (χ0) is 15.7. The minimum absolute atomic E-state index is 0.130. The van der Waals surface area contributed by atoms with Crippen molar-refractivity contribution in [1.82, 2.24) is 14.9 Å². The van der Waals surface area contributed by atoms with Gasteiger partial charge in [0, 0.05) is 5.56 Å². The van der Waals surface area contributed by atoms with Gasteiger partial charge in [0.05, 0.1) is 18.8 Å². The topological polar surface area (TPSA) is 65.4 Å². The molecule has 0 atom stereocenters. The number of halogens is 1. The highest BCUT2D eigenvalue weighted by Crippen LogP contribution is 2.27. The van der Waals surface area contributed by atoms with E-state index in [0.717, 1.165) is 0 Å². The van der Waals surface area contributed by atoms with Gasteiger partial charge in [0.25, 0.3) is 0 Å². The van der Waals surface area contributed by atoms with Crippen LogP contribution in [-0.2, 0) is 11.3 Å². The molecule has 1 aromatic heterocycles. The fourth-order valence-electron chi connectivity index (χ4n) is 2.20. The second kappa shape index (κ2) is 5.72. The summed E-state index contributed by atoms with van der Waals surface area (Å²) in [7, 11) is 0. The minimum Gasteiger partial charge on any atom is -0.434 e. The number of benzene rings is 1. The normalized spacial score (nSPS) is 12.7. The van der Waals surface area contributed by atoms with Gasteiger partial charge in [0.1, 0.15) is 22.8 Å². The maximum atomic E-state index is 13.4. The lowest BCUT2D eigenvalue weighted by Gasteiger charge is -2.08. The SMILES string of the molecule is CCOC(=O)Oc1ncn2c1CNC(=S)c1cc(F)ccc1-2. The average Bonchev–Trinajstić information content (AvgIpc) is 2.81. The summed E-state index contributed by atoms with van der Waals surface area (Å²) in [6, 6.07) is 4.29. The second-order valence-electron chi connectivity index (χ2n) is 4.50. The number of hydrogen-bond acceptors (Lipinski definition) is 5. The summed E-state index contributed by atoms with van der Waals surface area (Å²) in [5.41, 5.74) is 1.81. The predicted molar refractivity (Wildman–Crippen MR) is 79.7 cm³/mol. The van der Waals surface area contributed by atoms with E-state index in [4.69, 9.17) is 21.7 Å². The lowest BCUT2D eigenvalue weighted by atomic mass is 10.1. The highest BCUT2D eigenvalue weighted by molar-refractivity contribution is 7.80. The minimum atomic E-state index is -0.824. The van der Waals surface area contributed by atoms with Crippen LogP contribution < -0.4 is 10.1 Å². The van der Waals surface area contributed by atoms with Crippen LogP contribution >= 0.6 is 12.2 Å². The van der Waals surface area contributed by atoms with Crippen molar-refractivity contribution in [1.29, 1.82) is 0 Å². The number of fused-ring (bicyclic) bond motifs is 3. The van der Waals surface area contributed by atoms with Crippen molar-refractivity contribution >= 4 is 23.4 Å². The fraction of sp³-hybridized carbons (Fsp3) is 0.214. The van der Waals surface area contributed by atoms with Gasteiger partial charge in [-0.05, 0) is 25.1 Å². The summed E-state index contributed by atoms with van der Waals surface area (Å²) in [5, 5.41) is 2.99. The molecule has 0 aliphatic carbocycles. The molecular weight excluding hydrogens is 309 g/mol.